The zero-order valence-electron chi connectivity index (χ0n) is 12.5. The molecule has 4 nitrogen and oxygen atoms in total. The van der Waals surface area contributed by atoms with Gasteiger partial charge in [0, 0.05) is 17.8 Å². The quantitative estimate of drug-likeness (QED) is 0.775. The molecule has 2 aromatic heterocycles. The SMILES string of the molecule is CC[C@H](C)n1c(=O)[nH]c2ncc(Cl)c(-c3ccc(F)c(F)c3)c21. The molecule has 3 rings (SSSR count). The van der Waals surface area contributed by atoms with Gasteiger partial charge in [-0.3, -0.25) is 9.55 Å². The average Bonchev–Trinajstić information content (AvgIpc) is 2.85. The number of H-pyrrole nitrogens is 1. The number of aromatic nitrogens is 3. The topological polar surface area (TPSA) is 50.7 Å². The van der Waals surface area contributed by atoms with Gasteiger partial charge in [0.25, 0.3) is 0 Å². The molecule has 0 saturated carbocycles. The lowest BCUT2D eigenvalue weighted by Gasteiger charge is -2.14. The lowest BCUT2D eigenvalue weighted by atomic mass is 10.0. The molecule has 3 aromatic rings. The molecule has 0 spiro atoms. The van der Waals surface area contributed by atoms with Crippen LogP contribution in [0.3, 0.4) is 0 Å². The molecular weight excluding hydrogens is 324 g/mol. The third kappa shape index (κ3) is 2.53. The number of benzene rings is 1. The van der Waals surface area contributed by atoms with E-state index < -0.39 is 11.6 Å². The summed E-state index contributed by atoms with van der Waals surface area (Å²) in [6.45, 7) is 3.84. The van der Waals surface area contributed by atoms with Crippen LogP contribution >= 0.6 is 11.6 Å². The van der Waals surface area contributed by atoms with Crippen molar-refractivity contribution in [3.8, 4) is 11.1 Å². The van der Waals surface area contributed by atoms with E-state index in [1.165, 1.54) is 12.3 Å². The Morgan fingerprint density at radius 1 is 1.35 bits per heavy atom. The molecule has 0 aliphatic carbocycles. The van der Waals surface area contributed by atoms with E-state index in [0.717, 1.165) is 18.6 Å². The van der Waals surface area contributed by atoms with E-state index in [-0.39, 0.29) is 16.8 Å². The molecule has 0 fully saturated rings. The number of hydrogen-bond acceptors (Lipinski definition) is 2. The first-order valence-electron chi connectivity index (χ1n) is 7.18. The number of hydrogen-bond donors (Lipinski definition) is 1. The highest BCUT2D eigenvalue weighted by Crippen LogP contribution is 2.35. The van der Waals surface area contributed by atoms with E-state index in [4.69, 9.17) is 11.6 Å². The lowest BCUT2D eigenvalue weighted by Crippen LogP contribution is -2.20. The van der Waals surface area contributed by atoms with Crippen LogP contribution in [0.5, 0.6) is 0 Å². The number of rotatable bonds is 3. The van der Waals surface area contributed by atoms with Gasteiger partial charge < -0.3 is 0 Å². The molecule has 7 heteroatoms. The Kier molecular flexibility index (Phi) is 3.93. The Bertz CT molecular complexity index is 948. The second-order valence-electron chi connectivity index (χ2n) is 5.36. The second kappa shape index (κ2) is 5.77. The van der Waals surface area contributed by atoms with Gasteiger partial charge in [0.1, 0.15) is 0 Å². The van der Waals surface area contributed by atoms with Crippen LogP contribution in [-0.4, -0.2) is 14.5 Å². The van der Waals surface area contributed by atoms with E-state index in [0.29, 0.717) is 22.3 Å². The fraction of sp³-hybridized carbons (Fsp3) is 0.250. The van der Waals surface area contributed by atoms with Crippen LogP contribution in [0.1, 0.15) is 26.3 Å². The van der Waals surface area contributed by atoms with Gasteiger partial charge in [0.15, 0.2) is 17.3 Å². The molecule has 0 aliphatic heterocycles. The van der Waals surface area contributed by atoms with E-state index in [9.17, 15) is 13.6 Å². The van der Waals surface area contributed by atoms with Crippen LogP contribution in [0.15, 0.2) is 29.2 Å². The third-order valence-electron chi connectivity index (χ3n) is 3.93. The Hall–Kier alpha value is -2.21. The largest absolute Gasteiger partial charge is 0.327 e. The van der Waals surface area contributed by atoms with Gasteiger partial charge in [0.05, 0.1) is 10.5 Å². The molecule has 0 amide bonds. The number of fused-ring (bicyclic) bond motifs is 1. The Morgan fingerprint density at radius 2 is 2.09 bits per heavy atom. The van der Waals surface area contributed by atoms with Crippen molar-refractivity contribution in [1.29, 1.82) is 0 Å². The van der Waals surface area contributed by atoms with Crippen molar-refractivity contribution in [2.75, 3.05) is 0 Å². The molecule has 1 N–H and O–H groups in total. The summed E-state index contributed by atoms with van der Waals surface area (Å²) in [6.07, 6.45) is 2.11. The van der Waals surface area contributed by atoms with Crippen LogP contribution in [0.25, 0.3) is 22.3 Å². The summed E-state index contributed by atoms with van der Waals surface area (Å²) < 4.78 is 28.4. The van der Waals surface area contributed by atoms with Gasteiger partial charge in [-0.2, -0.15) is 0 Å². The van der Waals surface area contributed by atoms with Gasteiger partial charge in [-0.05, 0) is 31.0 Å². The van der Waals surface area contributed by atoms with Gasteiger partial charge in [-0.1, -0.05) is 24.6 Å². The zero-order chi connectivity index (χ0) is 16.7. The van der Waals surface area contributed by atoms with Crippen LogP contribution in [0.2, 0.25) is 5.02 Å². The molecule has 2 heterocycles. The zero-order valence-corrected chi connectivity index (χ0v) is 13.3. The Labute approximate surface area is 135 Å². The number of pyridine rings is 1. The molecule has 1 atom stereocenters. The van der Waals surface area contributed by atoms with Gasteiger partial charge in [-0.25, -0.2) is 18.6 Å². The fourth-order valence-electron chi connectivity index (χ4n) is 2.60. The summed E-state index contributed by atoms with van der Waals surface area (Å²) in [5.41, 5.74) is 1.38. The minimum atomic E-state index is -0.975. The van der Waals surface area contributed by atoms with Crippen molar-refractivity contribution in [2.45, 2.75) is 26.3 Å². The van der Waals surface area contributed by atoms with Crippen LogP contribution in [-0.2, 0) is 0 Å². The molecule has 0 aliphatic rings. The summed E-state index contributed by atoms with van der Waals surface area (Å²) >= 11 is 6.25. The summed E-state index contributed by atoms with van der Waals surface area (Å²) in [6, 6.07) is 3.43. The number of aromatic amines is 1. The summed E-state index contributed by atoms with van der Waals surface area (Å²) in [5.74, 6) is -1.92. The monoisotopic (exact) mass is 337 g/mol. The maximum atomic E-state index is 13.6. The third-order valence-corrected chi connectivity index (χ3v) is 4.22. The molecule has 0 saturated heterocycles. The van der Waals surface area contributed by atoms with Crippen LogP contribution < -0.4 is 5.69 Å². The van der Waals surface area contributed by atoms with Crippen molar-refractivity contribution in [3.05, 3.63) is 51.5 Å². The molecule has 120 valence electrons. The molecule has 0 unspecified atom stereocenters. The fourth-order valence-corrected chi connectivity index (χ4v) is 2.84. The van der Waals surface area contributed by atoms with Crippen molar-refractivity contribution in [1.82, 2.24) is 14.5 Å². The first-order chi connectivity index (χ1) is 10.9. The molecule has 0 bridgehead atoms. The minimum absolute atomic E-state index is 0.0967. The highest BCUT2D eigenvalue weighted by Gasteiger charge is 2.20. The van der Waals surface area contributed by atoms with Gasteiger partial charge in [0.2, 0.25) is 0 Å². The standard InChI is InChI=1S/C16H14ClF2N3O/c1-3-8(2)22-14-13(9-4-5-11(18)12(19)6-9)10(17)7-20-15(14)21-16(22)23/h4-8H,3H2,1-2H3,(H,20,21,23)/t8-/m0/s1. The smallest absolute Gasteiger partial charge is 0.290 e. The van der Waals surface area contributed by atoms with Crippen molar-refractivity contribution >= 4 is 22.8 Å². The predicted octanol–water partition coefficient (Wildman–Crippen LogP) is 4.29. The summed E-state index contributed by atoms with van der Waals surface area (Å²) in [5, 5.41) is 0.263. The number of imidazole rings is 1. The maximum Gasteiger partial charge on any atom is 0.327 e. The molecule has 0 radical (unpaired) electrons. The van der Waals surface area contributed by atoms with Crippen molar-refractivity contribution in [3.63, 3.8) is 0 Å². The van der Waals surface area contributed by atoms with Crippen molar-refractivity contribution < 1.29 is 8.78 Å². The van der Waals surface area contributed by atoms with E-state index >= 15 is 0 Å². The van der Waals surface area contributed by atoms with E-state index in [2.05, 4.69) is 9.97 Å². The average molecular weight is 338 g/mol. The second-order valence-corrected chi connectivity index (χ2v) is 5.77. The molecule has 23 heavy (non-hydrogen) atoms. The predicted molar refractivity (Wildman–Crippen MR) is 85.7 cm³/mol. The maximum absolute atomic E-state index is 13.6. The molecule has 1 aromatic carbocycles. The highest BCUT2D eigenvalue weighted by atomic mass is 35.5. The lowest BCUT2D eigenvalue weighted by molar-refractivity contribution is 0.509. The van der Waals surface area contributed by atoms with Crippen molar-refractivity contribution in [2.24, 2.45) is 0 Å². The van der Waals surface area contributed by atoms with Crippen LogP contribution in [0, 0.1) is 11.6 Å². The Balaban J connectivity index is 2.41. The first-order valence-corrected chi connectivity index (χ1v) is 7.56. The van der Waals surface area contributed by atoms with Crippen LogP contribution in [0.4, 0.5) is 8.78 Å². The van der Waals surface area contributed by atoms with E-state index in [1.807, 2.05) is 13.8 Å². The number of halogens is 3. The summed E-state index contributed by atoms with van der Waals surface area (Å²) in [7, 11) is 0. The van der Waals surface area contributed by atoms with E-state index in [1.54, 1.807) is 4.57 Å². The number of nitrogens with one attached hydrogen (secondary N) is 1. The first kappa shape index (κ1) is 15.7. The summed E-state index contributed by atoms with van der Waals surface area (Å²) in [4.78, 5) is 19.0. The van der Waals surface area contributed by atoms with Gasteiger partial charge >= 0.3 is 5.69 Å². The normalized spacial score (nSPS) is 12.7. The Morgan fingerprint density at radius 3 is 2.74 bits per heavy atom. The number of nitrogens with zero attached hydrogens (tertiary/aromatic N) is 2. The molecular formula is C16H14ClF2N3O. The minimum Gasteiger partial charge on any atom is -0.290 e. The van der Waals surface area contributed by atoms with Gasteiger partial charge in [-0.15, -0.1) is 0 Å². The highest BCUT2D eigenvalue weighted by molar-refractivity contribution is 6.34.